The average molecular weight is 258 g/mol. The average Bonchev–Trinajstić information content (AvgIpc) is 2.23. The van der Waals surface area contributed by atoms with Gasteiger partial charge in [0.1, 0.15) is 0 Å². The normalized spacial score (nSPS) is 18.5. The Labute approximate surface area is 114 Å². The van der Waals surface area contributed by atoms with Gasteiger partial charge >= 0.3 is 0 Å². The summed E-state index contributed by atoms with van der Waals surface area (Å²) in [5, 5.41) is 0. The smallest absolute Gasteiger partial charge is 0.170 e. The molecule has 0 aliphatic rings. The molecule has 0 N–H and O–H groups in total. The quantitative estimate of drug-likeness (QED) is 0.597. The summed E-state index contributed by atoms with van der Waals surface area (Å²) in [5.74, 6) is 0.0238. The first kappa shape index (κ1) is 17.9. The van der Waals surface area contributed by atoms with Crippen LogP contribution in [-0.4, -0.2) is 18.0 Å². The van der Waals surface area contributed by atoms with Crippen molar-refractivity contribution in [1.82, 2.24) is 0 Å². The van der Waals surface area contributed by atoms with Gasteiger partial charge < -0.3 is 9.47 Å². The van der Waals surface area contributed by atoms with E-state index in [-0.39, 0.29) is 11.0 Å². The molecule has 2 heteroatoms. The molecule has 0 radical (unpaired) electrons. The third kappa shape index (κ3) is 5.27. The van der Waals surface area contributed by atoms with Crippen LogP contribution in [0.25, 0.3) is 0 Å². The van der Waals surface area contributed by atoms with Crippen molar-refractivity contribution in [1.29, 1.82) is 0 Å². The zero-order valence-electron chi connectivity index (χ0n) is 14.0. The molecule has 110 valence electrons. The molecule has 0 heterocycles. The van der Waals surface area contributed by atoms with Crippen LogP contribution in [0.2, 0.25) is 0 Å². The Morgan fingerprint density at radius 3 is 1.78 bits per heavy atom. The third-order valence-corrected chi connectivity index (χ3v) is 4.03. The summed E-state index contributed by atoms with van der Waals surface area (Å²) in [4.78, 5) is 0. The Balaban J connectivity index is 4.86. The molecule has 2 unspecified atom stereocenters. The Kier molecular flexibility index (Phi) is 6.35. The van der Waals surface area contributed by atoms with Crippen LogP contribution in [0.5, 0.6) is 0 Å². The predicted octanol–water partition coefficient (Wildman–Crippen LogP) is 5.02. The van der Waals surface area contributed by atoms with Gasteiger partial charge in [0.15, 0.2) is 5.79 Å². The number of hydrogen-bond acceptors (Lipinski definition) is 2. The van der Waals surface area contributed by atoms with Crippen molar-refractivity contribution < 1.29 is 9.47 Å². The fraction of sp³-hybridized carbons (Fsp3) is 1.00. The summed E-state index contributed by atoms with van der Waals surface area (Å²) in [7, 11) is 0. The lowest BCUT2D eigenvalue weighted by molar-refractivity contribution is -0.319. The minimum atomic E-state index is -0.546. The number of ether oxygens (including phenoxy) is 2. The van der Waals surface area contributed by atoms with E-state index in [1.165, 1.54) is 0 Å². The topological polar surface area (TPSA) is 18.5 Å². The maximum Gasteiger partial charge on any atom is 0.170 e. The van der Waals surface area contributed by atoms with Crippen molar-refractivity contribution in [2.24, 2.45) is 11.3 Å². The van der Waals surface area contributed by atoms with Crippen LogP contribution in [0.3, 0.4) is 0 Å². The van der Waals surface area contributed by atoms with Gasteiger partial charge in [-0.1, -0.05) is 48.0 Å². The van der Waals surface area contributed by atoms with Crippen LogP contribution in [-0.2, 0) is 9.47 Å². The van der Waals surface area contributed by atoms with Crippen molar-refractivity contribution in [3.63, 3.8) is 0 Å². The lowest BCUT2D eigenvalue weighted by Gasteiger charge is -2.46. The Hall–Kier alpha value is -0.0800. The monoisotopic (exact) mass is 258 g/mol. The van der Waals surface area contributed by atoms with Crippen LogP contribution in [0.1, 0.15) is 75.2 Å². The molecular formula is C16H34O2. The Bertz CT molecular complexity index is 240. The maximum absolute atomic E-state index is 6.31. The van der Waals surface area contributed by atoms with Crippen molar-refractivity contribution in [3.05, 3.63) is 0 Å². The SMILES string of the molecule is CCC(C)COC(C)(OC(C)(C)CC)C(C)(C)C. The van der Waals surface area contributed by atoms with E-state index < -0.39 is 5.79 Å². The van der Waals surface area contributed by atoms with Gasteiger partial charge in [0, 0.05) is 5.41 Å². The van der Waals surface area contributed by atoms with E-state index in [2.05, 4.69) is 62.3 Å². The summed E-state index contributed by atoms with van der Waals surface area (Å²) in [5.41, 5.74) is -0.204. The lowest BCUT2D eigenvalue weighted by Crippen LogP contribution is -2.50. The van der Waals surface area contributed by atoms with Crippen molar-refractivity contribution in [2.45, 2.75) is 86.5 Å². The van der Waals surface area contributed by atoms with Crippen LogP contribution < -0.4 is 0 Å². The Morgan fingerprint density at radius 1 is 0.944 bits per heavy atom. The molecule has 0 aliphatic carbocycles. The highest BCUT2D eigenvalue weighted by Crippen LogP contribution is 2.39. The number of rotatable bonds is 7. The molecule has 0 rings (SSSR count). The lowest BCUT2D eigenvalue weighted by atomic mass is 9.85. The molecule has 0 aromatic carbocycles. The predicted molar refractivity (Wildman–Crippen MR) is 78.7 cm³/mol. The van der Waals surface area contributed by atoms with Gasteiger partial charge in [-0.3, -0.25) is 0 Å². The van der Waals surface area contributed by atoms with Crippen molar-refractivity contribution >= 4 is 0 Å². The molecule has 0 saturated heterocycles. The largest absolute Gasteiger partial charge is 0.349 e. The van der Waals surface area contributed by atoms with Gasteiger partial charge in [-0.2, -0.15) is 0 Å². The minimum Gasteiger partial charge on any atom is -0.349 e. The fourth-order valence-electron chi connectivity index (χ4n) is 1.42. The van der Waals surface area contributed by atoms with Gasteiger partial charge in [-0.25, -0.2) is 0 Å². The molecule has 18 heavy (non-hydrogen) atoms. The van der Waals surface area contributed by atoms with Crippen LogP contribution in [0.15, 0.2) is 0 Å². The van der Waals surface area contributed by atoms with Gasteiger partial charge in [0.2, 0.25) is 0 Å². The maximum atomic E-state index is 6.31. The summed E-state index contributed by atoms with van der Waals surface area (Å²) in [6.45, 7) is 20.2. The first-order valence-electron chi connectivity index (χ1n) is 7.31. The number of hydrogen-bond donors (Lipinski definition) is 0. The molecule has 2 nitrogen and oxygen atoms in total. The summed E-state index contributed by atoms with van der Waals surface area (Å²) >= 11 is 0. The Morgan fingerprint density at radius 2 is 1.44 bits per heavy atom. The zero-order valence-corrected chi connectivity index (χ0v) is 14.0. The molecule has 2 atom stereocenters. The molecule has 0 spiro atoms. The van der Waals surface area contributed by atoms with Crippen molar-refractivity contribution in [3.8, 4) is 0 Å². The van der Waals surface area contributed by atoms with Gasteiger partial charge in [0.05, 0.1) is 12.2 Å². The van der Waals surface area contributed by atoms with Gasteiger partial charge in [0.25, 0.3) is 0 Å². The molecule has 0 aromatic rings. The first-order chi connectivity index (χ1) is 7.97. The first-order valence-corrected chi connectivity index (χ1v) is 7.31. The molecular weight excluding hydrogens is 224 g/mol. The molecule has 0 saturated carbocycles. The third-order valence-electron chi connectivity index (χ3n) is 4.03. The molecule has 0 bridgehead atoms. The minimum absolute atomic E-state index is 0.0487. The van der Waals surface area contributed by atoms with E-state index in [9.17, 15) is 0 Å². The highest BCUT2D eigenvalue weighted by Gasteiger charge is 2.43. The van der Waals surface area contributed by atoms with Gasteiger partial charge in [-0.05, 0) is 33.1 Å². The highest BCUT2D eigenvalue weighted by atomic mass is 16.7. The zero-order chi connectivity index (χ0) is 14.6. The second kappa shape index (κ2) is 6.38. The summed E-state index contributed by atoms with van der Waals surface area (Å²) in [6, 6.07) is 0. The van der Waals surface area contributed by atoms with E-state index in [1.54, 1.807) is 0 Å². The van der Waals surface area contributed by atoms with E-state index in [0.29, 0.717) is 5.92 Å². The fourth-order valence-corrected chi connectivity index (χ4v) is 1.42. The summed E-state index contributed by atoms with van der Waals surface area (Å²) in [6.07, 6.45) is 2.11. The standard InChI is InChI=1S/C16H34O2/c1-10-13(3)12-17-16(9,14(4,5)6)18-15(7,8)11-2/h13H,10-12H2,1-9H3. The van der Waals surface area contributed by atoms with Crippen molar-refractivity contribution in [2.75, 3.05) is 6.61 Å². The molecule has 0 fully saturated rings. The van der Waals surface area contributed by atoms with Crippen LogP contribution in [0.4, 0.5) is 0 Å². The second-order valence-corrected chi connectivity index (χ2v) is 7.24. The van der Waals surface area contributed by atoms with E-state index >= 15 is 0 Å². The molecule has 0 aliphatic heterocycles. The van der Waals surface area contributed by atoms with E-state index in [4.69, 9.17) is 9.47 Å². The molecule has 0 aromatic heterocycles. The van der Waals surface area contributed by atoms with Crippen LogP contribution in [0, 0.1) is 11.3 Å². The van der Waals surface area contributed by atoms with E-state index in [1.807, 2.05) is 0 Å². The van der Waals surface area contributed by atoms with E-state index in [0.717, 1.165) is 19.4 Å². The summed E-state index contributed by atoms with van der Waals surface area (Å²) < 4.78 is 12.5. The van der Waals surface area contributed by atoms with Gasteiger partial charge in [-0.15, -0.1) is 0 Å². The second-order valence-electron chi connectivity index (χ2n) is 7.24. The highest BCUT2D eigenvalue weighted by molar-refractivity contribution is 4.84. The molecule has 0 amide bonds. The van der Waals surface area contributed by atoms with Crippen LogP contribution >= 0.6 is 0 Å².